The van der Waals surface area contributed by atoms with Crippen LogP contribution in [0.15, 0.2) is 36.4 Å². The normalized spacial score (nSPS) is 10.4. The molecule has 1 N–H and O–H groups in total. The van der Waals surface area contributed by atoms with Gasteiger partial charge in [-0.3, -0.25) is 9.59 Å². The summed E-state index contributed by atoms with van der Waals surface area (Å²) in [5, 5.41) is 2.89. The summed E-state index contributed by atoms with van der Waals surface area (Å²) in [4.78, 5) is 25.9. The minimum absolute atomic E-state index is 0.0383. The average molecular weight is 338 g/mol. The van der Waals surface area contributed by atoms with Gasteiger partial charge in [-0.2, -0.15) is 0 Å². The predicted octanol–water partition coefficient (Wildman–Crippen LogP) is 3.70. The minimum atomic E-state index is -0.119. The van der Waals surface area contributed by atoms with Crippen LogP contribution in [0.1, 0.15) is 39.5 Å². The lowest BCUT2D eigenvalue weighted by molar-refractivity contribution is -0.116. The molecule has 0 bridgehead atoms. The van der Waals surface area contributed by atoms with Crippen molar-refractivity contribution >= 4 is 17.5 Å². The van der Waals surface area contributed by atoms with Gasteiger partial charge in [0.25, 0.3) is 5.91 Å². The van der Waals surface area contributed by atoms with Crippen molar-refractivity contribution in [3.8, 4) is 0 Å². The second-order valence-corrected chi connectivity index (χ2v) is 6.49. The molecule has 2 rings (SSSR count). The van der Waals surface area contributed by atoms with Crippen LogP contribution in [0.2, 0.25) is 0 Å². The molecule has 0 aliphatic heterocycles. The molecule has 25 heavy (non-hydrogen) atoms. The summed E-state index contributed by atoms with van der Waals surface area (Å²) in [6.07, 6.45) is 0. The number of hydrogen-bond acceptors (Lipinski definition) is 2. The topological polar surface area (TPSA) is 49.4 Å². The van der Waals surface area contributed by atoms with Crippen LogP contribution in [-0.2, 0) is 4.79 Å². The number of carbonyl (C=O) groups excluding carboxylic acids is 2. The first-order chi connectivity index (χ1) is 11.8. The highest BCUT2D eigenvalue weighted by Gasteiger charge is 2.13. The van der Waals surface area contributed by atoms with Crippen molar-refractivity contribution in [1.29, 1.82) is 0 Å². The fourth-order valence-electron chi connectivity index (χ4n) is 2.63. The summed E-state index contributed by atoms with van der Waals surface area (Å²) in [7, 11) is 0. The number of nitrogens with zero attached hydrogens (tertiary/aromatic N) is 1. The molecule has 0 aliphatic rings. The highest BCUT2D eigenvalue weighted by molar-refractivity contribution is 5.95. The van der Waals surface area contributed by atoms with Gasteiger partial charge in [0.2, 0.25) is 5.91 Å². The third kappa shape index (κ3) is 4.69. The van der Waals surface area contributed by atoms with Crippen LogP contribution in [0.4, 0.5) is 5.69 Å². The predicted molar refractivity (Wildman–Crippen MR) is 102 cm³/mol. The van der Waals surface area contributed by atoms with Gasteiger partial charge in [-0.25, -0.2) is 0 Å². The van der Waals surface area contributed by atoms with Crippen LogP contribution in [-0.4, -0.2) is 24.9 Å². The van der Waals surface area contributed by atoms with Gasteiger partial charge in [-0.1, -0.05) is 12.1 Å². The fraction of sp³-hybridized carbons (Fsp3) is 0.333. The lowest BCUT2D eigenvalue weighted by Gasteiger charge is -2.22. The zero-order valence-electron chi connectivity index (χ0n) is 15.6. The quantitative estimate of drug-likeness (QED) is 0.903. The van der Waals surface area contributed by atoms with E-state index in [4.69, 9.17) is 0 Å². The Hall–Kier alpha value is -2.62. The zero-order chi connectivity index (χ0) is 18.6. The van der Waals surface area contributed by atoms with Crippen LogP contribution in [0.5, 0.6) is 0 Å². The monoisotopic (exact) mass is 338 g/mol. The second-order valence-electron chi connectivity index (χ2n) is 6.49. The van der Waals surface area contributed by atoms with E-state index in [-0.39, 0.29) is 11.8 Å². The summed E-state index contributed by atoms with van der Waals surface area (Å²) in [5.74, 6) is -0.157. The molecule has 0 fully saturated rings. The van der Waals surface area contributed by atoms with E-state index in [9.17, 15) is 9.59 Å². The molecule has 0 aliphatic carbocycles. The van der Waals surface area contributed by atoms with E-state index in [0.29, 0.717) is 18.7 Å². The molecular weight excluding hydrogens is 312 g/mol. The molecule has 0 heterocycles. The van der Waals surface area contributed by atoms with E-state index in [0.717, 1.165) is 22.4 Å². The molecular formula is C21H26N2O2. The molecule has 0 unspecified atom stereocenters. The van der Waals surface area contributed by atoms with Crippen LogP contribution in [0, 0.1) is 27.7 Å². The molecule has 0 radical (unpaired) electrons. The van der Waals surface area contributed by atoms with Gasteiger partial charge in [-0.05, 0) is 74.2 Å². The summed E-state index contributed by atoms with van der Waals surface area (Å²) in [6, 6.07) is 11.6. The first-order valence-corrected chi connectivity index (χ1v) is 8.50. The van der Waals surface area contributed by atoms with Crippen molar-refractivity contribution in [2.75, 3.05) is 18.0 Å². The Labute approximate surface area is 149 Å². The molecule has 2 aromatic rings. The van der Waals surface area contributed by atoms with Crippen molar-refractivity contribution in [2.24, 2.45) is 0 Å². The van der Waals surface area contributed by atoms with E-state index in [1.54, 1.807) is 11.8 Å². The molecule has 0 aromatic heterocycles. The Morgan fingerprint density at radius 1 is 0.880 bits per heavy atom. The summed E-state index contributed by atoms with van der Waals surface area (Å²) in [5.41, 5.74) is 6.08. The first kappa shape index (κ1) is 18.7. The number of nitrogens with one attached hydrogen (secondary N) is 1. The minimum Gasteiger partial charge on any atom is -0.350 e. The Bertz CT molecular complexity index is 796. The maximum atomic E-state index is 12.3. The fourth-order valence-corrected chi connectivity index (χ4v) is 2.63. The third-order valence-electron chi connectivity index (χ3n) is 4.57. The Morgan fingerprint density at radius 3 is 2.04 bits per heavy atom. The van der Waals surface area contributed by atoms with Gasteiger partial charge < -0.3 is 10.2 Å². The molecule has 0 saturated heterocycles. The molecule has 0 spiro atoms. The number of anilines is 1. The van der Waals surface area contributed by atoms with Crippen LogP contribution in [0.25, 0.3) is 0 Å². The highest BCUT2D eigenvalue weighted by Crippen LogP contribution is 2.18. The van der Waals surface area contributed by atoms with Crippen LogP contribution < -0.4 is 10.2 Å². The van der Waals surface area contributed by atoms with Crippen molar-refractivity contribution in [2.45, 2.75) is 34.6 Å². The zero-order valence-corrected chi connectivity index (χ0v) is 15.6. The van der Waals surface area contributed by atoms with Gasteiger partial charge in [0.15, 0.2) is 0 Å². The Kier molecular flexibility index (Phi) is 5.97. The van der Waals surface area contributed by atoms with Gasteiger partial charge >= 0.3 is 0 Å². The maximum absolute atomic E-state index is 12.3. The first-order valence-electron chi connectivity index (χ1n) is 8.50. The van der Waals surface area contributed by atoms with E-state index >= 15 is 0 Å². The van der Waals surface area contributed by atoms with Crippen molar-refractivity contribution < 1.29 is 9.59 Å². The number of carbonyl (C=O) groups is 2. The molecule has 2 aromatic carbocycles. The van der Waals surface area contributed by atoms with Crippen LogP contribution in [0.3, 0.4) is 0 Å². The average Bonchev–Trinajstić information content (AvgIpc) is 2.56. The van der Waals surface area contributed by atoms with Gasteiger partial charge in [0.05, 0.1) is 0 Å². The van der Waals surface area contributed by atoms with E-state index < -0.39 is 0 Å². The lowest BCUT2D eigenvalue weighted by atomic mass is 10.1. The smallest absolute Gasteiger partial charge is 0.251 e. The number of rotatable bonds is 5. The van der Waals surface area contributed by atoms with E-state index in [1.807, 2.05) is 64.1 Å². The number of aryl methyl sites for hydroxylation is 4. The van der Waals surface area contributed by atoms with Gasteiger partial charge in [-0.15, -0.1) is 0 Å². The summed E-state index contributed by atoms with van der Waals surface area (Å²) >= 11 is 0. The Morgan fingerprint density at radius 2 is 1.48 bits per heavy atom. The largest absolute Gasteiger partial charge is 0.350 e. The van der Waals surface area contributed by atoms with Crippen LogP contribution >= 0.6 is 0 Å². The molecule has 132 valence electrons. The number of benzene rings is 2. The molecule has 4 nitrogen and oxygen atoms in total. The molecule has 0 saturated carbocycles. The highest BCUT2D eigenvalue weighted by atomic mass is 16.2. The number of hydrogen-bond donors (Lipinski definition) is 1. The standard InChI is InChI=1S/C21H26N2O2/c1-14-6-8-19(12-16(14)3)21(25)22-10-11-23(18(5)24)20-9-7-15(2)17(4)13-20/h6-9,12-13H,10-11H2,1-5H3,(H,22,25). The lowest BCUT2D eigenvalue weighted by Crippen LogP contribution is -2.37. The van der Waals surface area contributed by atoms with Gasteiger partial charge in [0, 0.05) is 31.3 Å². The second kappa shape index (κ2) is 7.97. The Balaban J connectivity index is 2.01. The summed E-state index contributed by atoms with van der Waals surface area (Å²) in [6.45, 7) is 10.5. The van der Waals surface area contributed by atoms with Crippen molar-refractivity contribution in [3.05, 3.63) is 64.2 Å². The third-order valence-corrected chi connectivity index (χ3v) is 4.57. The van der Waals surface area contributed by atoms with Crippen molar-refractivity contribution in [3.63, 3.8) is 0 Å². The molecule has 4 heteroatoms. The van der Waals surface area contributed by atoms with Crippen molar-refractivity contribution in [1.82, 2.24) is 5.32 Å². The molecule has 2 amide bonds. The molecule has 0 atom stereocenters. The van der Waals surface area contributed by atoms with E-state index in [2.05, 4.69) is 5.32 Å². The number of amides is 2. The summed E-state index contributed by atoms with van der Waals surface area (Å²) < 4.78 is 0. The maximum Gasteiger partial charge on any atom is 0.251 e. The van der Waals surface area contributed by atoms with E-state index in [1.165, 1.54) is 5.56 Å². The SMILES string of the molecule is CC(=O)N(CCNC(=O)c1ccc(C)c(C)c1)c1ccc(C)c(C)c1. The van der Waals surface area contributed by atoms with Gasteiger partial charge in [0.1, 0.15) is 0 Å².